The number of nitrogens with one attached hydrogen (secondary N) is 1. The van der Waals surface area contributed by atoms with Gasteiger partial charge in [-0.05, 0) is 24.6 Å². The number of hydrogen-bond acceptors (Lipinski definition) is 6. The Balaban J connectivity index is 1.66. The molecule has 1 fully saturated rings. The minimum Gasteiger partial charge on any atom is -0.496 e. The third-order valence-corrected chi connectivity index (χ3v) is 6.58. The smallest absolute Gasteiger partial charge is 0.328 e. The minimum atomic E-state index is -0.809. The van der Waals surface area contributed by atoms with E-state index in [2.05, 4.69) is 14.8 Å². The monoisotopic (exact) mass is 479 g/mol. The number of morpholine rings is 1. The van der Waals surface area contributed by atoms with Crippen LogP contribution in [0.4, 0.5) is 0 Å². The highest BCUT2D eigenvalue weighted by atomic mass is 16.5. The molecule has 0 bridgehead atoms. The Morgan fingerprint density at radius 3 is 2.46 bits per heavy atom. The first-order valence-electron chi connectivity index (χ1n) is 11.9. The first-order valence-corrected chi connectivity index (χ1v) is 11.9. The van der Waals surface area contributed by atoms with E-state index >= 15 is 0 Å². The molecule has 2 aromatic carbocycles. The lowest BCUT2D eigenvalue weighted by Gasteiger charge is -2.27. The lowest BCUT2D eigenvalue weighted by Crippen LogP contribution is -2.43. The molecule has 1 saturated heterocycles. The molecule has 8 nitrogen and oxygen atoms in total. The molecule has 186 valence electrons. The highest BCUT2D eigenvalue weighted by Crippen LogP contribution is 2.33. The second-order valence-corrected chi connectivity index (χ2v) is 8.66. The first kappa shape index (κ1) is 24.8. The molecular weight excluding hydrogens is 446 g/mol. The SMILES string of the molecule is COC(=O)[C@H](Cc1ccccc1)NC(=O)c1c(C)n(CCN2CCOCC2)c2cccc(OC)c12. The maximum absolute atomic E-state index is 13.7. The number of rotatable bonds is 9. The number of ether oxygens (including phenoxy) is 3. The molecule has 0 saturated carbocycles. The van der Waals surface area contributed by atoms with Gasteiger partial charge in [0.05, 0.1) is 43.9 Å². The van der Waals surface area contributed by atoms with E-state index in [4.69, 9.17) is 14.2 Å². The molecule has 1 aliphatic rings. The third-order valence-electron chi connectivity index (χ3n) is 6.58. The second-order valence-electron chi connectivity index (χ2n) is 8.66. The van der Waals surface area contributed by atoms with Gasteiger partial charge in [-0.2, -0.15) is 0 Å². The van der Waals surface area contributed by atoms with Gasteiger partial charge in [0.15, 0.2) is 0 Å². The van der Waals surface area contributed by atoms with E-state index in [1.54, 1.807) is 7.11 Å². The molecule has 0 unspecified atom stereocenters. The Hall–Kier alpha value is -3.36. The van der Waals surface area contributed by atoms with Crippen LogP contribution in [0.25, 0.3) is 10.9 Å². The van der Waals surface area contributed by atoms with Crippen molar-refractivity contribution in [1.82, 2.24) is 14.8 Å². The number of esters is 1. The summed E-state index contributed by atoms with van der Waals surface area (Å²) in [6.07, 6.45) is 0.338. The van der Waals surface area contributed by atoms with Crippen molar-refractivity contribution in [3.8, 4) is 5.75 Å². The molecule has 4 rings (SSSR count). The molecule has 0 spiro atoms. The third kappa shape index (κ3) is 5.49. The summed E-state index contributed by atoms with van der Waals surface area (Å²) in [5, 5.41) is 3.67. The number of methoxy groups -OCH3 is 2. The van der Waals surface area contributed by atoms with E-state index in [0.717, 1.165) is 61.6 Å². The van der Waals surface area contributed by atoms with Gasteiger partial charge in [-0.25, -0.2) is 4.79 Å². The summed E-state index contributed by atoms with van der Waals surface area (Å²) >= 11 is 0. The van der Waals surface area contributed by atoms with E-state index < -0.39 is 12.0 Å². The van der Waals surface area contributed by atoms with Gasteiger partial charge in [0.1, 0.15) is 11.8 Å². The van der Waals surface area contributed by atoms with Crippen LogP contribution in [-0.4, -0.2) is 74.5 Å². The number of benzene rings is 2. The van der Waals surface area contributed by atoms with Crippen LogP contribution >= 0.6 is 0 Å². The summed E-state index contributed by atoms with van der Waals surface area (Å²) < 4.78 is 18.3. The van der Waals surface area contributed by atoms with Gasteiger partial charge in [0.2, 0.25) is 0 Å². The van der Waals surface area contributed by atoms with E-state index in [1.807, 2.05) is 55.5 Å². The predicted molar refractivity (Wildman–Crippen MR) is 134 cm³/mol. The van der Waals surface area contributed by atoms with Crippen LogP contribution in [0.1, 0.15) is 21.6 Å². The quantitative estimate of drug-likeness (QED) is 0.476. The van der Waals surface area contributed by atoms with Gasteiger partial charge in [0.25, 0.3) is 5.91 Å². The van der Waals surface area contributed by atoms with E-state index in [9.17, 15) is 9.59 Å². The van der Waals surface area contributed by atoms with Crippen molar-refractivity contribution >= 4 is 22.8 Å². The standard InChI is InChI=1S/C27H33N3O5/c1-19-24(26(31)28-21(27(32)34-3)18-20-8-5-4-6-9-20)25-22(10-7-11-23(25)33-2)30(19)13-12-29-14-16-35-17-15-29/h4-11,21H,12-18H2,1-3H3,(H,28,31)/t21-/m0/s1. The fourth-order valence-corrected chi connectivity index (χ4v) is 4.71. The van der Waals surface area contributed by atoms with Gasteiger partial charge in [-0.1, -0.05) is 36.4 Å². The first-order chi connectivity index (χ1) is 17.0. The number of hydrogen-bond donors (Lipinski definition) is 1. The van der Waals surface area contributed by atoms with Crippen molar-refractivity contribution < 1.29 is 23.8 Å². The van der Waals surface area contributed by atoms with Crippen molar-refractivity contribution in [2.24, 2.45) is 0 Å². The highest BCUT2D eigenvalue weighted by Gasteiger charge is 2.28. The molecule has 0 radical (unpaired) electrons. The Kier molecular flexibility index (Phi) is 8.05. The van der Waals surface area contributed by atoms with Gasteiger partial charge in [-0.3, -0.25) is 9.69 Å². The number of carbonyl (C=O) groups is 2. The molecule has 1 aliphatic heterocycles. The number of amides is 1. The normalized spacial score (nSPS) is 15.1. The van der Waals surface area contributed by atoms with Crippen molar-refractivity contribution in [3.05, 3.63) is 65.4 Å². The largest absolute Gasteiger partial charge is 0.496 e. The predicted octanol–water partition coefficient (Wildman–Crippen LogP) is 2.80. The molecule has 2 heterocycles. The minimum absolute atomic E-state index is 0.326. The van der Waals surface area contributed by atoms with Crippen molar-refractivity contribution in [2.45, 2.75) is 25.9 Å². The summed E-state index contributed by atoms with van der Waals surface area (Å²) in [5.41, 5.74) is 3.21. The average molecular weight is 480 g/mol. The lowest BCUT2D eigenvalue weighted by atomic mass is 10.0. The van der Waals surface area contributed by atoms with Crippen LogP contribution < -0.4 is 10.1 Å². The van der Waals surface area contributed by atoms with Crippen LogP contribution in [0.5, 0.6) is 5.75 Å². The molecule has 0 aliphatic carbocycles. The van der Waals surface area contributed by atoms with Crippen molar-refractivity contribution in [2.75, 3.05) is 47.1 Å². The fourth-order valence-electron chi connectivity index (χ4n) is 4.71. The van der Waals surface area contributed by atoms with Gasteiger partial charge < -0.3 is 24.1 Å². The van der Waals surface area contributed by atoms with Crippen molar-refractivity contribution in [3.63, 3.8) is 0 Å². The summed E-state index contributed by atoms with van der Waals surface area (Å²) in [4.78, 5) is 28.6. The Morgan fingerprint density at radius 1 is 1.03 bits per heavy atom. The van der Waals surface area contributed by atoms with Gasteiger partial charge in [-0.15, -0.1) is 0 Å². The second kappa shape index (κ2) is 11.4. The van der Waals surface area contributed by atoms with Crippen LogP contribution in [-0.2, 0) is 27.2 Å². The fraction of sp³-hybridized carbons (Fsp3) is 0.407. The Labute approximate surface area is 205 Å². The van der Waals surface area contributed by atoms with Crippen LogP contribution in [0.15, 0.2) is 48.5 Å². The van der Waals surface area contributed by atoms with Gasteiger partial charge in [0, 0.05) is 38.3 Å². The lowest BCUT2D eigenvalue weighted by molar-refractivity contribution is -0.142. The molecule has 1 N–H and O–H groups in total. The zero-order valence-corrected chi connectivity index (χ0v) is 20.6. The van der Waals surface area contributed by atoms with E-state index in [-0.39, 0.29) is 5.91 Å². The summed E-state index contributed by atoms with van der Waals surface area (Å²) in [6, 6.07) is 14.6. The van der Waals surface area contributed by atoms with Crippen LogP contribution in [0, 0.1) is 6.92 Å². The van der Waals surface area contributed by atoms with E-state index in [1.165, 1.54) is 7.11 Å². The molecule has 1 amide bonds. The van der Waals surface area contributed by atoms with Crippen LogP contribution in [0.2, 0.25) is 0 Å². The number of carbonyl (C=O) groups excluding carboxylic acids is 2. The number of nitrogens with zero attached hydrogens (tertiary/aromatic N) is 2. The summed E-state index contributed by atoms with van der Waals surface area (Å²) in [6.45, 7) is 6.80. The summed E-state index contributed by atoms with van der Waals surface area (Å²) in [5.74, 6) is -0.185. The molecule has 1 atom stereocenters. The molecule has 1 aromatic heterocycles. The zero-order chi connectivity index (χ0) is 24.8. The Bertz CT molecular complexity index is 1170. The van der Waals surface area contributed by atoms with Gasteiger partial charge >= 0.3 is 5.97 Å². The molecule has 35 heavy (non-hydrogen) atoms. The maximum Gasteiger partial charge on any atom is 0.328 e. The molecular formula is C27H33N3O5. The molecule has 3 aromatic rings. The highest BCUT2D eigenvalue weighted by molar-refractivity contribution is 6.11. The average Bonchev–Trinajstić information content (AvgIpc) is 3.18. The summed E-state index contributed by atoms with van der Waals surface area (Å²) in [7, 11) is 2.93. The van der Waals surface area contributed by atoms with E-state index in [0.29, 0.717) is 17.7 Å². The molecule has 8 heteroatoms. The maximum atomic E-state index is 13.7. The Morgan fingerprint density at radius 2 is 1.77 bits per heavy atom. The zero-order valence-electron chi connectivity index (χ0n) is 20.6. The number of aromatic nitrogens is 1. The van der Waals surface area contributed by atoms with Crippen LogP contribution in [0.3, 0.4) is 0 Å². The topological polar surface area (TPSA) is 82.0 Å². The van der Waals surface area contributed by atoms with Crippen molar-refractivity contribution in [1.29, 1.82) is 0 Å². The number of fused-ring (bicyclic) bond motifs is 1.